The minimum Gasteiger partial charge on any atom is -0.377 e. The lowest BCUT2D eigenvalue weighted by molar-refractivity contribution is 0.121. The molecular weight excluding hydrogens is 136 g/mol. The summed E-state index contributed by atoms with van der Waals surface area (Å²) in [4.78, 5) is 0. The number of ether oxygens (including phenoxy) is 1. The van der Waals surface area contributed by atoms with Gasteiger partial charge in [-0.05, 0) is 12.0 Å². The Balaban J connectivity index is 2.28. The molecule has 0 fully saturated rings. The highest BCUT2D eigenvalue weighted by Gasteiger charge is 1.88. The first kappa shape index (κ1) is 8.28. The fourth-order valence-electron chi connectivity index (χ4n) is 0.909. The Hall–Kier alpha value is -0.820. The second-order valence-electron chi connectivity index (χ2n) is 2.54. The highest BCUT2D eigenvalue weighted by Crippen LogP contribution is 2.00. The van der Waals surface area contributed by atoms with Gasteiger partial charge in [0.15, 0.2) is 0 Å². The molecule has 1 aromatic carbocycles. The monoisotopic (exact) mass is 150 g/mol. The molecule has 0 aromatic heterocycles. The topological polar surface area (TPSA) is 9.23 Å². The largest absolute Gasteiger partial charge is 0.377 e. The van der Waals surface area contributed by atoms with Crippen LogP contribution in [0.1, 0.15) is 18.9 Å². The van der Waals surface area contributed by atoms with Crippen molar-refractivity contribution >= 4 is 0 Å². The Morgan fingerprint density at radius 1 is 1.18 bits per heavy atom. The Bertz CT molecular complexity index is 181. The molecule has 0 unspecified atom stereocenters. The van der Waals surface area contributed by atoms with Crippen LogP contribution in [0.2, 0.25) is 0 Å². The van der Waals surface area contributed by atoms with Gasteiger partial charge < -0.3 is 4.74 Å². The van der Waals surface area contributed by atoms with Crippen LogP contribution in [0.15, 0.2) is 30.3 Å². The van der Waals surface area contributed by atoms with Gasteiger partial charge in [0.1, 0.15) is 0 Å². The van der Waals surface area contributed by atoms with E-state index in [0.717, 1.165) is 19.6 Å². The molecular formula is C10H14O. The van der Waals surface area contributed by atoms with E-state index in [-0.39, 0.29) is 0 Å². The second-order valence-corrected chi connectivity index (χ2v) is 2.54. The van der Waals surface area contributed by atoms with Crippen LogP contribution in [0, 0.1) is 0 Å². The standard InChI is InChI=1S/C10H14O/c1-2-8-11-9-10-6-4-3-5-7-10/h3-7H,2,8-9H2,1H3. The van der Waals surface area contributed by atoms with Gasteiger partial charge in [-0.25, -0.2) is 0 Å². The van der Waals surface area contributed by atoms with Gasteiger partial charge in [-0.15, -0.1) is 0 Å². The molecule has 0 aliphatic carbocycles. The molecule has 1 heteroatoms. The SMILES string of the molecule is CCCOCc1ccccc1. The maximum absolute atomic E-state index is 5.37. The summed E-state index contributed by atoms with van der Waals surface area (Å²) in [5, 5.41) is 0. The summed E-state index contributed by atoms with van der Waals surface area (Å²) in [6.07, 6.45) is 1.09. The molecule has 0 atom stereocenters. The Morgan fingerprint density at radius 2 is 1.91 bits per heavy atom. The summed E-state index contributed by atoms with van der Waals surface area (Å²) in [5.74, 6) is 0. The van der Waals surface area contributed by atoms with Crippen molar-refractivity contribution in [1.82, 2.24) is 0 Å². The normalized spacial score (nSPS) is 9.91. The van der Waals surface area contributed by atoms with Gasteiger partial charge in [-0.1, -0.05) is 37.3 Å². The van der Waals surface area contributed by atoms with Crippen molar-refractivity contribution in [2.75, 3.05) is 6.61 Å². The third-order valence-corrected chi connectivity index (χ3v) is 1.46. The third kappa shape index (κ3) is 3.19. The summed E-state index contributed by atoms with van der Waals surface area (Å²) >= 11 is 0. The van der Waals surface area contributed by atoms with Crippen LogP contribution in [0.4, 0.5) is 0 Å². The van der Waals surface area contributed by atoms with Crippen LogP contribution in [0.3, 0.4) is 0 Å². The molecule has 0 aliphatic rings. The van der Waals surface area contributed by atoms with E-state index >= 15 is 0 Å². The Kier molecular flexibility index (Phi) is 3.70. The van der Waals surface area contributed by atoms with E-state index in [4.69, 9.17) is 4.74 Å². The van der Waals surface area contributed by atoms with E-state index in [0.29, 0.717) is 0 Å². The lowest BCUT2D eigenvalue weighted by Gasteiger charge is -2.00. The lowest BCUT2D eigenvalue weighted by atomic mass is 10.2. The molecule has 0 spiro atoms. The first-order valence-corrected chi connectivity index (χ1v) is 4.05. The Morgan fingerprint density at radius 3 is 2.55 bits per heavy atom. The molecule has 1 rings (SSSR count). The fraction of sp³-hybridized carbons (Fsp3) is 0.400. The fourth-order valence-corrected chi connectivity index (χ4v) is 0.909. The highest BCUT2D eigenvalue weighted by atomic mass is 16.5. The molecule has 0 heterocycles. The minimum atomic E-state index is 0.745. The van der Waals surface area contributed by atoms with Gasteiger partial charge in [-0.2, -0.15) is 0 Å². The van der Waals surface area contributed by atoms with Gasteiger partial charge in [0.25, 0.3) is 0 Å². The molecule has 1 nitrogen and oxygen atoms in total. The van der Waals surface area contributed by atoms with Crippen LogP contribution in [-0.2, 0) is 11.3 Å². The van der Waals surface area contributed by atoms with E-state index in [1.165, 1.54) is 5.56 Å². The van der Waals surface area contributed by atoms with Gasteiger partial charge in [0.05, 0.1) is 6.61 Å². The molecule has 1 aromatic rings. The smallest absolute Gasteiger partial charge is 0.0716 e. The first-order valence-electron chi connectivity index (χ1n) is 4.05. The molecule has 0 bridgehead atoms. The third-order valence-electron chi connectivity index (χ3n) is 1.46. The van der Waals surface area contributed by atoms with Crippen molar-refractivity contribution in [3.05, 3.63) is 35.9 Å². The molecule has 11 heavy (non-hydrogen) atoms. The van der Waals surface area contributed by atoms with Crippen LogP contribution in [-0.4, -0.2) is 6.61 Å². The quantitative estimate of drug-likeness (QED) is 0.599. The van der Waals surface area contributed by atoms with Gasteiger partial charge in [-0.3, -0.25) is 0 Å². The summed E-state index contributed by atoms with van der Waals surface area (Å²) in [6, 6.07) is 10.2. The lowest BCUT2D eigenvalue weighted by Crippen LogP contribution is -1.92. The summed E-state index contributed by atoms with van der Waals surface area (Å²) in [7, 11) is 0. The van der Waals surface area contributed by atoms with Crippen molar-refractivity contribution < 1.29 is 4.74 Å². The average Bonchev–Trinajstić information content (AvgIpc) is 2.07. The van der Waals surface area contributed by atoms with Crippen LogP contribution in [0.25, 0.3) is 0 Å². The number of hydrogen-bond donors (Lipinski definition) is 0. The Labute approximate surface area is 68.0 Å². The molecule has 0 saturated heterocycles. The maximum atomic E-state index is 5.37. The highest BCUT2D eigenvalue weighted by molar-refractivity contribution is 5.13. The molecule has 0 radical (unpaired) electrons. The molecule has 60 valence electrons. The van der Waals surface area contributed by atoms with E-state index in [1.54, 1.807) is 0 Å². The predicted molar refractivity (Wildman–Crippen MR) is 46.4 cm³/mol. The van der Waals surface area contributed by atoms with Crippen LogP contribution >= 0.6 is 0 Å². The van der Waals surface area contributed by atoms with Crippen molar-refractivity contribution in [3.63, 3.8) is 0 Å². The molecule has 0 saturated carbocycles. The van der Waals surface area contributed by atoms with Crippen molar-refractivity contribution in [2.24, 2.45) is 0 Å². The number of rotatable bonds is 4. The predicted octanol–water partition coefficient (Wildman–Crippen LogP) is 2.61. The van der Waals surface area contributed by atoms with Crippen molar-refractivity contribution in [2.45, 2.75) is 20.0 Å². The van der Waals surface area contributed by atoms with Gasteiger partial charge >= 0.3 is 0 Å². The zero-order valence-electron chi connectivity index (χ0n) is 6.92. The number of hydrogen-bond acceptors (Lipinski definition) is 1. The molecule has 0 N–H and O–H groups in total. The summed E-state index contributed by atoms with van der Waals surface area (Å²) in [6.45, 7) is 3.72. The van der Waals surface area contributed by atoms with Gasteiger partial charge in [0.2, 0.25) is 0 Å². The van der Waals surface area contributed by atoms with E-state index < -0.39 is 0 Å². The average molecular weight is 150 g/mol. The maximum Gasteiger partial charge on any atom is 0.0716 e. The second kappa shape index (κ2) is 4.91. The zero-order valence-corrected chi connectivity index (χ0v) is 6.92. The van der Waals surface area contributed by atoms with Crippen molar-refractivity contribution in [3.8, 4) is 0 Å². The summed E-state index contributed by atoms with van der Waals surface area (Å²) in [5.41, 5.74) is 1.25. The minimum absolute atomic E-state index is 0.745. The van der Waals surface area contributed by atoms with Crippen LogP contribution < -0.4 is 0 Å². The van der Waals surface area contributed by atoms with E-state index in [1.807, 2.05) is 18.2 Å². The molecule has 0 aliphatic heterocycles. The summed E-state index contributed by atoms with van der Waals surface area (Å²) < 4.78 is 5.37. The van der Waals surface area contributed by atoms with E-state index in [2.05, 4.69) is 19.1 Å². The van der Waals surface area contributed by atoms with Gasteiger partial charge in [0, 0.05) is 6.61 Å². The van der Waals surface area contributed by atoms with Crippen LogP contribution in [0.5, 0.6) is 0 Å². The zero-order chi connectivity index (χ0) is 7.94. The van der Waals surface area contributed by atoms with Crippen molar-refractivity contribution in [1.29, 1.82) is 0 Å². The first-order chi connectivity index (χ1) is 5.43. The number of benzene rings is 1. The van der Waals surface area contributed by atoms with E-state index in [9.17, 15) is 0 Å². The molecule has 0 amide bonds.